The Morgan fingerprint density at radius 3 is 1.68 bits per heavy atom. The molecule has 270 valence electrons. The average Bonchev–Trinajstić information content (AvgIpc) is 3.67. The molecule has 1 heterocycles. The number of hydrogen-bond acceptors (Lipinski definition) is 1. The van der Waals surface area contributed by atoms with Gasteiger partial charge in [-0.1, -0.05) is 181 Å². The van der Waals surface area contributed by atoms with E-state index in [4.69, 9.17) is 4.74 Å². The first-order valence-electron chi connectivity index (χ1n) is 20.0. The summed E-state index contributed by atoms with van der Waals surface area (Å²) in [5.74, 6) is 1.81. The fourth-order valence-electron chi connectivity index (χ4n) is 10.1. The summed E-state index contributed by atoms with van der Waals surface area (Å²) in [6.45, 7) is 14.0. The molecule has 3 aliphatic rings. The Morgan fingerprint density at radius 2 is 0.964 bits per heavy atom. The average molecular weight is 721 g/mol. The minimum absolute atomic E-state index is 0.0102. The molecule has 8 aromatic rings. The third-order valence-corrected chi connectivity index (χ3v) is 12.8. The van der Waals surface area contributed by atoms with Crippen molar-refractivity contribution in [1.82, 2.24) is 0 Å². The van der Waals surface area contributed by atoms with Crippen molar-refractivity contribution < 1.29 is 4.74 Å². The Labute approximate surface area is 330 Å². The van der Waals surface area contributed by atoms with Gasteiger partial charge in [0.2, 0.25) is 0 Å². The SMILES string of the molecule is CC(C)(C)c1ccc2c(c1)C1(c3cc(C(C)(C)C)ccc3-2)c2ccccc2-c2c(-c3ccc4c5c(cccc35)-c3cc(-c5ccccc5)ccc3O4)cccc21. The van der Waals surface area contributed by atoms with Gasteiger partial charge in [0.05, 0.1) is 5.41 Å². The van der Waals surface area contributed by atoms with Crippen LogP contribution in [-0.2, 0) is 16.2 Å². The van der Waals surface area contributed by atoms with Crippen molar-refractivity contribution in [3.8, 4) is 67.1 Å². The lowest BCUT2D eigenvalue weighted by Crippen LogP contribution is -2.27. The number of benzene rings is 8. The molecule has 0 amide bonds. The van der Waals surface area contributed by atoms with Gasteiger partial charge >= 0.3 is 0 Å². The van der Waals surface area contributed by atoms with Gasteiger partial charge in [0.25, 0.3) is 0 Å². The molecule has 1 spiro atoms. The molecule has 1 heteroatoms. The van der Waals surface area contributed by atoms with Gasteiger partial charge in [-0.25, -0.2) is 0 Å². The van der Waals surface area contributed by atoms with Crippen LogP contribution in [0.3, 0.4) is 0 Å². The van der Waals surface area contributed by atoms with E-state index in [2.05, 4.69) is 199 Å². The van der Waals surface area contributed by atoms with Gasteiger partial charge in [0, 0.05) is 10.9 Å². The first-order valence-corrected chi connectivity index (χ1v) is 20.0. The second kappa shape index (κ2) is 11.4. The predicted octanol–water partition coefficient (Wildman–Crippen LogP) is 14.9. The second-order valence-electron chi connectivity index (χ2n) is 18.1. The number of rotatable bonds is 2. The van der Waals surface area contributed by atoms with Crippen LogP contribution in [0.1, 0.15) is 74.9 Å². The minimum Gasteiger partial charge on any atom is -0.456 e. The zero-order chi connectivity index (χ0) is 38.1. The Hall–Kier alpha value is -6.18. The Kier molecular flexibility index (Phi) is 6.77. The molecule has 8 aromatic carbocycles. The van der Waals surface area contributed by atoms with E-state index in [1.165, 1.54) is 94.2 Å². The number of hydrogen-bond donors (Lipinski definition) is 0. The predicted molar refractivity (Wildman–Crippen MR) is 234 cm³/mol. The van der Waals surface area contributed by atoms with Crippen molar-refractivity contribution in [3.05, 3.63) is 191 Å². The molecule has 11 rings (SSSR count). The van der Waals surface area contributed by atoms with Crippen molar-refractivity contribution in [3.63, 3.8) is 0 Å². The summed E-state index contributed by atoms with van der Waals surface area (Å²) in [5, 5.41) is 2.38. The van der Waals surface area contributed by atoms with Crippen molar-refractivity contribution in [1.29, 1.82) is 0 Å². The molecular weight excluding hydrogens is 677 g/mol. The van der Waals surface area contributed by atoms with E-state index in [9.17, 15) is 0 Å². The highest BCUT2D eigenvalue weighted by molar-refractivity contribution is 6.12. The third-order valence-electron chi connectivity index (χ3n) is 12.8. The Bertz CT molecular complexity index is 2880. The summed E-state index contributed by atoms with van der Waals surface area (Å²) >= 11 is 0. The maximum atomic E-state index is 6.71. The summed E-state index contributed by atoms with van der Waals surface area (Å²) in [7, 11) is 0. The Balaban J connectivity index is 1.19. The van der Waals surface area contributed by atoms with Gasteiger partial charge in [-0.2, -0.15) is 0 Å². The van der Waals surface area contributed by atoms with Crippen LogP contribution in [0.5, 0.6) is 11.5 Å². The lowest BCUT2D eigenvalue weighted by atomic mass is 9.68. The van der Waals surface area contributed by atoms with Gasteiger partial charge in [-0.05, 0) is 118 Å². The molecule has 2 aliphatic carbocycles. The molecule has 0 unspecified atom stereocenters. The zero-order valence-corrected chi connectivity index (χ0v) is 32.9. The molecule has 0 fully saturated rings. The highest BCUT2D eigenvalue weighted by Gasteiger charge is 2.52. The third kappa shape index (κ3) is 4.49. The van der Waals surface area contributed by atoms with E-state index in [1.807, 2.05) is 0 Å². The lowest BCUT2D eigenvalue weighted by molar-refractivity contribution is 0.487. The van der Waals surface area contributed by atoms with Crippen LogP contribution >= 0.6 is 0 Å². The van der Waals surface area contributed by atoms with E-state index in [1.54, 1.807) is 0 Å². The molecule has 0 N–H and O–H groups in total. The number of ether oxygens (including phenoxy) is 1. The molecule has 0 saturated carbocycles. The van der Waals surface area contributed by atoms with Gasteiger partial charge in [0.1, 0.15) is 11.5 Å². The minimum atomic E-state index is -0.447. The molecular formula is C55H44O. The van der Waals surface area contributed by atoms with Gasteiger partial charge in [0.15, 0.2) is 0 Å². The van der Waals surface area contributed by atoms with E-state index >= 15 is 0 Å². The summed E-state index contributed by atoms with van der Waals surface area (Å²) < 4.78 is 6.71. The van der Waals surface area contributed by atoms with Crippen LogP contribution in [0.4, 0.5) is 0 Å². The molecule has 56 heavy (non-hydrogen) atoms. The molecule has 1 aliphatic heterocycles. The molecule has 0 atom stereocenters. The fraction of sp³-hybridized carbons (Fsp3) is 0.164. The largest absolute Gasteiger partial charge is 0.456 e. The maximum Gasteiger partial charge on any atom is 0.135 e. The standard InChI is InChI=1S/C55H44O/c1-53(2,3)35-23-25-38-39-26-24-36(54(4,5)6)32-48(39)55(47(38)31-35)45-20-11-10-16-43(45)51-40(19-13-21-46(51)55)37-27-29-50-52-41(37)17-12-18-42(52)44-30-34(22-28-49(44)56-50)33-14-8-7-9-15-33/h7-32H,1-6H3. The smallest absolute Gasteiger partial charge is 0.135 e. The van der Waals surface area contributed by atoms with Crippen molar-refractivity contribution >= 4 is 10.8 Å². The van der Waals surface area contributed by atoms with Crippen LogP contribution in [0.25, 0.3) is 66.4 Å². The quantitative estimate of drug-likeness (QED) is 0.173. The maximum absolute atomic E-state index is 6.71. The van der Waals surface area contributed by atoms with E-state index < -0.39 is 5.41 Å². The second-order valence-corrected chi connectivity index (χ2v) is 18.1. The summed E-state index contributed by atoms with van der Waals surface area (Å²) in [6.07, 6.45) is 0. The Morgan fingerprint density at radius 1 is 0.375 bits per heavy atom. The topological polar surface area (TPSA) is 9.23 Å². The number of fused-ring (bicyclic) bond motifs is 12. The highest BCUT2D eigenvalue weighted by atomic mass is 16.5. The van der Waals surface area contributed by atoms with E-state index in [0.29, 0.717) is 0 Å². The summed E-state index contributed by atoms with van der Waals surface area (Å²) in [4.78, 5) is 0. The van der Waals surface area contributed by atoms with E-state index in [-0.39, 0.29) is 10.8 Å². The first-order chi connectivity index (χ1) is 27.0. The van der Waals surface area contributed by atoms with Gasteiger partial charge in [-0.15, -0.1) is 0 Å². The molecule has 0 aromatic heterocycles. The summed E-state index contributed by atoms with van der Waals surface area (Å²) in [6, 6.07) is 59.3. The molecule has 1 nitrogen and oxygen atoms in total. The van der Waals surface area contributed by atoms with Crippen molar-refractivity contribution in [2.75, 3.05) is 0 Å². The molecule has 0 saturated heterocycles. The van der Waals surface area contributed by atoms with Crippen molar-refractivity contribution in [2.24, 2.45) is 0 Å². The van der Waals surface area contributed by atoms with Crippen LogP contribution in [-0.4, -0.2) is 0 Å². The summed E-state index contributed by atoms with van der Waals surface area (Å²) in [5.41, 5.74) is 20.4. The molecule has 0 bridgehead atoms. The van der Waals surface area contributed by atoms with Gasteiger partial charge in [-0.3, -0.25) is 0 Å². The van der Waals surface area contributed by atoms with Crippen LogP contribution in [0.15, 0.2) is 158 Å². The van der Waals surface area contributed by atoms with Gasteiger partial charge < -0.3 is 4.74 Å². The zero-order valence-electron chi connectivity index (χ0n) is 32.9. The van der Waals surface area contributed by atoms with Crippen LogP contribution in [0, 0.1) is 0 Å². The fourth-order valence-corrected chi connectivity index (χ4v) is 10.1. The van der Waals surface area contributed by atoms with Crippen LogP contribution in [0.2, 0.25) is 0 Å². The van der Waals surface area contributed by atoms with Crippen LogP contribution < -0.4 is 4.74 Å². The van der Waals surface area contributed by atoms with E-state index in [0.717, 1.165) is 17.1 Å². The van der Waals surface area contributed by atoms with Crippen molar-refractivity contribution in [2.45, 2.75) is 57.8 Å². The lowest BCUT2D eigenvalue weighted by Gasteiger charge is -2.33. The normalized spacial score (nSPS) is 14.2. The first kappa shape index (κ1) is 33.2. The monoisotopic (exact) mass is 720 g/mol. The highest BCUT2D eigenvalue weighted by Crippen LogP contribution is 2.65. The molecule has 0 radical (unpaired) electrons.